The first-order valence-corrected chi connectivity index (χ1v) is 9.76. The van der Waals surface area contributed by atoms with E-state index in [9.17, 15) is 5.11 Å². The van der Waals surface area contributed by atoms with Gasteiger partial charge in [-0.15, -0.1) is 0 Å². The highest BCUT2D eigenvalue weighted by molar-refractivity contribution is 5.46. The van der Waals surface area contributed by atoms with Crippen molar-refractivity contribution < 1.29 is 9.84 Å². The zero-order chi connectivity index (χ0) is 18.1. The SMILES string of the molecule is CC(CN1CCC2(C)CC1Cc1c(O)cccc12)OCc1ccccc1. The highest BCUT2D eigenvalue weighted by atomic mass is 16.5. The average molecular weight is 351 g/mol. The van der Waals surface area contributed by atoms with Gasteiger partial charge in [0.15, 0.2) is 0 Å². The van der Waals surface area contributed by atoms with Crippen molar-refractivity contribution in [3.05, 3.63) is 65.2 Å². The predicted molar refractivity (Wildman–Crippen MR) is 104 cm³/mol. The molecular weight excluding hydrogens is 322 g/mol. The van der Waals surface area contributed by atoms with Crippen molar-refractivity contribution in [1.29, 1.82) is 0 Å². The summed E-state index contributed by atoms with van der Waals surface area (Å²) >= 11 is 0. The van der Waals surface area contributed by atoms with Crippen LogP contribution in [-0.2, 0) is 23.2 Å². The molecule has 1 aliphatic heterocycles. The van der Waals surface area contributed by atoms with Crippen LogP contribution in [0, 0.1) is 0 Å². The minimum atomic E-state index is 0.196. The molecule has 3 unspecified atom stereocenters. The van der Waals surface area contributed by atoms with Crippen LogP contribution in [0.1, 0.15) is 43.4 Å². The summed E-state index contributed by atoms with van der Waals surface area (Å²) in [5, 5.41) is 10.4. The smallest absolute Gasteiger partial charge is 0.119 e. The molecule has 1 heterocycles. The van der Waals surface area contributed by atoms with Crippen LogP contribution in [0.2, 0.25) is 0 Å². The molecule has 2 aromatic carbocycles. The lowest BCUT2D eigenvalue weighted by atomic mass is 9.65. The van der Waals surface area contributed by atoms with E-state index in [1.807, 2.05) is 18.2 Å². The number of piperidine rings is 1. The zero-order valence-electron chi connectivity index (χ0n) is 15.8. The van der Waals surface area contributed by atoms with Crippen molar-refractivity contribution in [2.75, 3.05) is 13.1 Å². The molecule has 2 aliphatic rings. The third-order valence-electron chi connectivity index (χ3n) is 6.26. The summed E-state index contributed by atoms with van der Waals surface area (Å²) in [7, 11) is 0. The standard InChI is InChI=1S/C23H29NO2/c1-17(26-16-18-7-4-3-5-8-18)15-24-12-11-23(2)14-19(24)13-20-21(23)9-6-10-22(20)25/h3-10,17,19,25H,11-16H2,1-2H3. The van der Waals surface area contributed by atoms with E-state index in [0.717, 1.165) is 31.5 Å². The van der Waals surface area contributed by atoms with Crippen LogP contribution in [0.25, 0.3) is 0 Å². The quantitative estimate of drug-likeness (QED) is 0.873. The van der Waals surface area contributed by atoms with Gasteiger partial charge in [-0.1, -0.05) is 49.4 Å². The molecular formula is C23H29NO2. The topological polar surface area (TPSA) is 32.7 Å². The Bertz CT molecular complexity index is 760. The summed E-state index contributed by atoms with van der Waals surface area (Å²) in [4.78, 5) is 2.58. The van der Waals surface area contributed by atoms with Gasteiger partial charge >= 0.3 is 0 Å². The molecule has 0 spiro atoms. The Labute approximate surface area is 156 Å². The van der Waals surface area contributed by atoms with E-state index in [1.54, 1.807) is 0 Å². The summed E-state index contributed by atoms with van der Waals surface area (Å²) < 4.78 is 6.10. The number of phenols is 1. The molecule has 26 heavy (non-hydrogen) atoms. The fourth-order valence-corrected chi connectivity index (χ4v) is 4.80. The number of hydrogen-bond acceptors (Lipinski definition) is 3. The van der Waals surface area contributed by atoms with Gasteiger partial charge in [-0.3, -0.25) is 4.90 Å². The Hall–Kier alpha value is -1.84. The van der Waals surface area contributed by atoms with E-state index in [0.29, 0.717) is 18.4 Å². The Kier molecular flexibility index (Phi) is 4.76. The Morgan fingerprint density at radius 1 is 1.19 bits per heavy atom. The van der Waals surface area contributed by atoms with E-state index in [1.165, 1.54) is 17.5 Å². The van der Waals surface area contributed by atoms with Gasteiger partial charge in [0.2, 0.25) is 0 Å². The first-order valence-electron chi connectivity index (χ1n) is 9.76. The molecule has 0 aromatic heterocycles. The van der Waals surface area contributed by atoms with Crippen molar-refractivity contribution in [3.63, 3.8) is 0 Å². The molecule has 1 fully saturated rings. The molecule has 1 saturated heterocycles. The Balaban J connectivity index is 1.41. The molecule has 1 aliphatic carbocycles. The van der Waals surface area contributed by atoms with Crippen LogP contribution in [0.3, 0.4) is 0 Å². The molecule has 0 radical (unpaired) electrons. The average Bonchev–Trinajstić information content (AvgIpc) is 2.64. The molecule has 3 heteroatoms. The maximum absolute atomic E-state index is 10.4. The Morgan fingerprint density at radius 2 is 2.00 bits per heavy atom. The van der Waals surface area contributed by atoms with Gasteiger partial charge < -0.3 is 9.84 Å². The monoisotopic (exact) mass is 351 g/mol. The largest absolute Gasteiger partial charge is 0.508 e. The molecule has 0 saturated carbocycles. The molecule has 3 atom stereocenters. The fourth-order valence-electron chi connectivity index (χ4n) is 4.80. The molecule has 4 rings (SSSR count). The minimum Gasteiger partial charge on any atom is -0.508 e. The summed E-state index contributed by atoms with van der Waals surface area (Å²) in [6.45, 7) is 7.27. The second kappa shape index (κ2) is 7.05. The van der Waals surface area contributed by atoms with Crippen molar-refractivity contribution in [3.8, 4) is 5.75 Å². The first-order chi connectivity index (χ1) is 12.5. The molecule has 138 valence electrons. The highest BCUT2D eigenvalue weighted by Crippen LogP contribution is 2.46. The number of nitrogens with zero attached hydrogens (tertiary/aromatic N) is 1. The first kappa shape index (κ1) is 17.6. The lowest BCUT2D eigenvalue weighted by Gasteiger charge is -2.50. The number of benzene rings is 2. The van der Waals surface area contributed by atoms with Gasteiger partial charge in [0.25, 0.3) is 0 Å². The van der Waals surface area contributed by atoms with Crippen LogP contribution in [0.15, 0.2) is 48.5 Å². The summed E-state index contributed by atoms with van der Waals surface area (Å²) in [5.41, 5.74) is 3.94. The van der Waals surface area contributed by atoms with Gasteiger partial charge in [-0.25, -0.2) is 0 Å². The summed E-state index contributed by atoms with van der Waals surface area (Å²) in [6.07, 6.45) is 3.47. The van der Waals surface area contributed by atoms with Crippen molar-refractivity contribution in [1.82, 2.24) is 4.90 Å². The van der Waals surface area contributed by atoms with Crippen LogP contribution < -0.4 is 0 Å². The number of phenolic OH excluding ortho intramolecular Hbond substituents is 1. The minimum absolute atomic E-state index is 0.196. The van der Waals surface area contributed by atoms with Gasteiger partial charge in [-0.05, 0) is 60.9 Å². The number of likely N-dealkylation sites (tertiary alicyclic amines) is 1. The van der Waals surface area contributed by atoms with Gasteiger partial charge in [0.05, 0.1) is 12.7 Å². The summed E-state index contributed by atoms with van der Waals surface area (Å²) in [5.74, 6) is 0.466. The number of rotatable bonds is 5. The summed E-state index contributed by atoms with van der Waals surface area (Å²) in [6, 6.07) is 16.9. The maximum Gasteiger partial charge on any atom is 0.119 e. The molecule has 2 bridgehead atoms. The number of hydrogen-bond donors (Lipinski definition) is 1. The lowest BCUT2D eigenvalue weighted by molar-refractivity contribution is -0.00379. The van der Waals surface area contributed by atoms with Crippen LogP contribution >= 0.6 is 0 Å². The van der Waals surface area contributed by atoms with Crippen molar-refractivity contribution in [2.24, 2.45) is 0 Å². The second-order valence-electron chi connectivity index (χ2n) is 8.28. The van der Waals surface area contributed by atoms with Gasteiger partial charge in [-0.2, -0.15) is 0 Å². The molecule has 3 nitrogen and oxygen atoms in total. The van der Waals surface area contributed by atoms with Crippen molar-refractivity contribution >= 4 is 0 Å². The van der Waals surface area contributed by atoms with Crippen molar-refractivity contribution in [2.45, 2.75) is 57.3 Å². The Morgan fingerprint density at radius 3 is 2.81 bits per heavy atom. The lowest BCUT2D eigenvalue weighted by Crippen LogP contribution is -2.53. The highest BCUT2D eigenvalue weighted by Gasteiger charge is 2.43. The fraction of sp³-hybridized carbons (Fsp3) is 0.478. The molecule has 2 aromatic rings. The predicted octanol–water partition coefficient (Wildman–Crippen LogP) is 4.28. The number of ether oxygens (including phenoxy) is 1. The number of fused-ring (bicyclic) bond motifs is 4. The normalized spacial score (nSPS) is 26.3. The van der Waals surface area contributed by atoms with E-state index in [4.69, 9.17) is 4.74 Å². The maximum atomic E-state index is 10.4. The third kappa shape index (κ3) is 3.38. The van der Waals surface area contributed by atoms with E-state index >= 15 is 0 Å². The molecule has 0 amide bonds. The van der Waals surface area contributed by atoms with Crippen LogP contribution in [-0.4, -0.2) is 35.2 Å². The second-order valence-corrected chi connectivity index (χ2v) is 8.28. The zero-order valence-corrected chi connectivity index (χ0v) is 15.8. The van der Waals surface area contributed by atoms with E-state index < -0.39 is 0 Å². The van der Waals surface area contributed by atoms with E-state index in [2.05, 4.69) is 49.1 Å². The number of aromatic hydroxyl groups is 1. The van der Waals surface area contributed by atoms with E-state index in [-0.39, 0.29) is 11.5 Å². The van der Waals surface area contributed by atoms with Crippen LogP contribution in [0.5, 0.6) is 5.75 Å². The molecule has 1 N–H and O–H groups in total. The van der Waals surface area contributed by atoms with Crippen LogP contribution in [0.4, 0.5) is 0 Å². The van der Waals surface area contributed by atoms with Gasteiger partial charge in [0, 0.05) is 12.6 Å². The van der Waals surface area contributed by atoms with Gasteiger partial charge in [0.1, 0.15) is 5.75 Å². The third-order valence-corrected chi connectivity index (χ3v) is 6.26.